The van der Waals surface area contributed by atoms with Gasteiger partial charge in [0.05, 0.1) is 73.9 Å². The van der Waals surface area contributed by atoms with Gasteiger partial charge < -0.3 is 9.13 Å². The minimum atomic E-state index is 0.437. The standard InChI is InChI=1S/C60H34N8/c61-35-38-19-23-41(24-20-38)45-27-29-53-49(33-45)47-15-7-9-17-51(47)67(53)55-31-40(37-63)32-56(57(55)60-65-58(43-11-3-1-4-12-43)64-59(66-60)44-13-5-2-6-14-44)68-52-18-10-8-16-48(52)50-34-46(28-30-54(50)68)42-25-21-39(36-62)22-26-42/h1-34H. The minimum Gasteiger partial charge on any atom is -0.308 e. The summed E-state index contributed by atoms with van der Waals surface area (Å²) in [5, 5.41) is 34.2. The maximum absolute atomic E-state index is 11.0. The Morgan fingerprint density at radius 1 is 0.294 bits per heavy atom. The fraction of sp³-hybridized carbons (Fsp3) is 0. The van der Waals surface area contributed by atoms with E-state index in [1.165, 1.54) is 0 Å². The van der Waals surface area contributed by atoms with Crippen molar-refractivity contribution in [3.63, 3.8) is 0 Å². The lowest BCUT2D eigenvalue weighted by Crippen LogP contribution is -2.08. The van der Waals surface area contributed by atoms with Gasteiger partial charge in [0.2, 0.25) is 0 Å². The number of para-hydroxylation sites is 2. The lowest BCUT2D eigenvalue weighted by Gasteiger charge is -2.20. The third-order valence-corrected chi connectivity index (χ3v) is 12.7. The molecule has 0 amide bonds. The smallest absolute Gasteiger partial charge is 0.168 e. The Bertz CT molecular complexity index is 3840. The summed E-state index contributed by atoms with van der Waals surface area (Å²) in [6.07, 6.45) is 0. The average Bonchev–Trinajstić information content (AvgIpc) is 3.93. The third-order valence-electron chi connectivity index (χ3n) is 12.7. The molecule has 314 valence electrons. The van der Waals surface area contributed by atoms with Gasteiger partial charge in [0.25, 0.3) is 0 Å². The Balaban J connectivity index is 1.21. The molecule has 0 aliphatic heterocycles. The largest absolute Gasteiger partial charge is 0.308 e. The molecule has 0 radical (unpaired) electrons. The SMILES string of the molecule is N#Cc1ccc(-c2ccc3c(c2)c2ccccc2n3-c2cc(C#N)cc(-n3c4ccccc4c4cc(-c5ccc(C#N)cc5)ccc43)c2-c2nc(-c3ccccc3)nc(-c3ccccc3)n2)cc1. The van der Waals surface area contributed by atoms with Gasteiger partial charge in [0.1, 0.15) is 0 Å². The van der Waals surface area contributed by atoms with Gasteiger partial charge in [0, 0.05) is 32.7 Å². The Hall–Kier alpha value is -9.94. The van der Waals surface area contributed by atoms with Gasteiger partial charge in [-0.25, -0.2) is 15.0 Å². The molecule has 9 aromatic carbocycles. The first-order chi connectivity index (χ1) is 33.6. The minimum absolute atomic E-state index is 0.437. The van der Waals surface area contributed by atoms with E-state index in [4.69, 9.17) is 15.0 Å². The second-order valence-electron chi connectivity index (χ2n) is 16.6. The summed E-state index contributed by atoms with van der Waals surface area (Å²) in [5.41, 5.74) is 13.3. The van der Waals surface area contributed by atoms with Crippen LogP contribution >= 0.6 is 0 Å². The Morgan fingerprint density at radius 3 is 1.09 bits per heavy atom. The Labute approximate surface area is 390 Å². The van der Waals surface area contributed by atoms with E-state index < -0.39 is 0 Å². The maximum atomic E-state index is 11.0. The molecule has 8 nitrogen and oxygen atoms in total. The molecule has 68 heavy (non-hydrogen) atoms. The molecule has 0 spiro atoms. The van der Waals surface area contributed by atoms with Crippen molar-refractivity contribution in [2.45, 2.75) is 0 Å². The van der Waals surface area contributed by atoms with Crippen molar-refractivity contribution in [1.82, 2.24) is 24.1 Å². The van der Waals surface area contributed by atoms with Crippen LogP contribution in [0, 0.1) is 34.0 Å². The van der Waals surface area contributed by atoms with Crippen molar-refractivity contribution in [2.24, 2.45) is 0 Å². The van der Waals surface area contributed by atoms with Crippen molar-refractivity contribution in [3.8, 4) is 86.0 Å². The normalized spacial score (nSPS) is 11.2. The summed E-state index contributed by atoms with van der Waals surface area (Å²) in [6.45, 7) is 0. The number of benzene rings is 9. The van der Waals surface area contributed by atoms with Crippen LogP contribution in [0.25, 0.3) is 111 Å². The van der Waals surface area contributed by atoms with Crippen LogP contribution in [0.4, 0.5) is 0 Å². The van der Waals surface area contributed by atoms with E-state index in [0.717, 1.165) is 88.4 Å². The van der Waals surface area contributed by atoms with E-state index in [9.17, 15) is 15.8 Å². The zero-order chi connectivity index (χ0) is 45.7. The van der Waals surface area contributed by atoms with Gasteiger partial charge in [-0.2, -0.15) is 15.8 Å². The maximum Gasteiger partial charge on any atom is 0.168 e. The quantitative estimate of drug-likeness (QED) is 0.157. The first kappa shape index (κ1) is 39.6. The highest BCUT2D eigenvalue weighted by Gasteiger charge is 2.26. The zero-order valence-corrected chi connectivity index (χ0v) is 36.2. The summed E-state index contributed by atoms with van der Waals surface area (Å²) in [4.78, 5) is 15.8. The van der Waals surface area contributed by atoms with E-state index in [-0.39, 0.29) is 0 Å². The fourth-order valence-electron chi connectivity index (χ4n) is 9.48. The average molecular weight is 867 g/mol. The molecule has 3 aromatic heterocycles. The van der Waals surface area contributed by atoms with Gasteiger partial charge >= 0.3 is 0 Å². The van der Waals surface area contributed by atoms with Crippen LogP contribution in [0.15, 0.2) is 206 Å². The van der Waals surface area contributed by atoms with Crippen LogP contribution in [0.5, 0.6) is 0 Å². The number of aromatic nitrogens is 5. The van der Waals surface area contributed by atoms with Crippen LogP contribution in [0.1, 0.15) is 16.7 Å². The molecular weight excluding hydrogens is 833 g/mol. The molecule has 0 aliphatic rings. The van der Waals surface area contributed by atoms with Gasteiger partial charge in [-0.15, -0.1) is 0 Å². The highest BCUT2D eigenvalue weighted by molar-refractivity contribution is 6.13. The second kappa shape index (κ2) is 16.2. The summed E-state index contributed by atoms with van der Waals surface area (Å²) in [5.74, 6) is 1.46. The van der Waals surface area contributed by atoms with E-state index in [0.29, 0.717) is 39.7 Å². The van der Waals surface area contributed by atoms with E-state index in [1.54, 1.807) is 0 Å². The van der Waals surface area contributed by atoms with Crippen molar-refractivity contribution >= 4 is 43.6 Å². The number of rotatable bonds is 7. The van der Waals surface area contributed by atoms with E-state index in [1.807, 2.05) is 146 Å². The van der Waals surface area contributed by atoms with Crippen LogP contribution < -0.4 is 0 Å². The molecule has 0 fully saturated rings. The summed E-state index contributed by atoms with van der Waals surface area (Å²) >= 11 is 0. The van der Waals surface area contributed by atoms with Gasteiger partial charge in [-0.3, -0.25) is 0 Å². The Kier molecular flexibility index (Phi) is 9.47. The van der Waals surface area contributed by atoms with Crippen LogP contribution in [-0.2, 0) is 0 Å². The van der Waals surface area contributed by atoms with Crippen molar-refractivity contribution in [3.05, 3.63) is 223 Å². The van der Waals surface area contributed by atoms with E-state index >= 15 is 0 Å². The van der Waals surface area contributed by atoms with Gasteiger partial charge in [-0.1, -0.05) is 133 Å². The molecule has 8 heteroatoms. The topological polar surface area (TPSA) is 120 Å². The second-order valence-corrected chi connectivity index (χ2v) is 16.6. The monoisotopic (exact) mass is 866 g/mol. The Morgan fingerprint density at radius 2 is 0.662 bits per heavy atom. The summed E-state index contributed by atoms with van der Waals surface area (Å²) in [7, 11) is 0. The molecule has 0 unspecified atom stereocenters. The van der Waals surface area contributed by atoms with E-state index in [2.05, 4.69) is 88.0 Å². The van der Waals surface area contributed by atoms with Crippen LogP contribution in [-0.4, -0.2) is 24.1 Å². The molecule has 0 N–H and O–H groups in total. The van der Waals surface area contributed by atoms with Crippen LogP contribution in [0.2, 0.25) is 0 Å². The lowest BCUT2D eigenvalue weighted by molar-refractivity contribution is 1.05. The number of hydrogen-bond donors (Lipinski definition) is 0. The molecular formula is C60H34N8. The molecule has 0 saturated heterocycles. The summed E-state index contributed by atoms with van der Waals surface area (Å²) in [6, 6.07) is 75.6. The molecule has 12 aromatic rings. The number of nitrogens with zero attached hydrogens (tertiary/aromatic N) is 8. The third kappa shape index (κ3) is 6.63. The molecule has 0 saturated carbocycles. The highest BCUT2D eigenvalue weighted by atomic mass is 15.1. The first-order valence-electron chi connectivity index (χ1n) is 22.1. The van der Waals surface area contributed by atoms with Crippen LogP contribution in [0.3, 0.4) is 0 Å². The van der Waals surface area contributed by atoms with Crippen molar-refractivity contribution in [1.29, 1.82) is 15.8 Å². The molecule has 0 atom stereocenters. The van der Waals surface area contributed by atoms with Crippen molar-refractivity contribution in [2.75, 3.05) is 0 Å². The zero-order valence-electron chi connectivity index (χ0n) is 36.2. The number of fused-ring (bicyclic) bond motifs is 6. The van der Waals surface area contributed by atoms with Gasteiger partial charge in [-0.05, 0) is 95.1 Å². The molecule has 0 bridgehead atoms. The molecule has 0 aliphatic carbocycles. The predicted octanol–water partition coefficient (Wildman–Crippen LogP) is 14.0. The summed E-state index contributed by atoms with van der Waals surface area (Å²) < 4.78 is 4.47. The van der Waals surface area contributed by atoms with Gasteiger partial charge in [0.15, 0.2) is 17.5 Å². The highest BCUT2D eigenvalue weighted by Crippen LogP contribution is 2.44. The molecule has 3 heterocycles. The number of hydrogen-bond acceptors (Lipinski definition) is 6. The first-order valence-corrected chi connectivity index (χ1v) is 22.1. The fourth-order valence-corrected chi connectivity index (χ4v) is 9.48. The number of nitriles is 3. The van der Waals surface area contributed by atoms with Crippen molar-refractivity contribution < 1.29 is 0 Å². The predicted molar refractivity (Wildman–Crippen MR) is 270 cm³/mol. The molecule has 12 rings (SSSR count). The lowest BCUT2D eigenvalue weighted by atomic mass is 10.0.